The molecule has 0 bridgehead atoms. The van der Waals surface area contributed by atoms with Gasteiger partial charge in [-0.3, -0.25) is 0 Å². The molecule has 0 unspecified atom stereocenters. The third kappa shape index (κ3) is 3.62. The number of benzene rings is 1. The Labute approximate surface area is 131 Å². The zero-order chi connectivity index (χ0) is 14.7. The van der Waals surface area contributed by atoms with Crippen molar-refractivity contribution < 1.29 is 4.74 Å². The summed E-state index contributed by atoms with van der Waals surface area (Å²) in [5.41, 5.74) is 1.46. The number of hydrogen-bond donors (Lipinski definition) is 1. The summed E-state index contributed by atoms with van der Waals surface area (Å²) in [6, 6.07) is 3.58. The highest BCUT2D eigenvalue weighted by Crippen LogP contribution is 2.30. The number of hydrogen-bond acceptors (Lipinski definition) is 5. The van der Waals surface area contributed by atoms with E-state index in [-0.39, 0.29) is 17.2 Å². The molecule has 5 nitrogen and oxygen atoms in total. The number of aromatic nitrogens is 3. The molecule has 106 valence electrons. The molecule has 0 radical (unpaired) electrons. The minimum atomic E-state index is 0.0280. The first-order chi connectivity index (χ1) is 9.49. The Kier molecular flexibility index (Phi) is 4.86. The van der Waals surface area contributed by atoms with Gasteiger partial charge in [0.15, 0.2) is 0 Å². The average Bonchev–Trinajstić information content (AvgIpc) is 2.35. The number of nitrogens with zero attached hydrogens (tertiary/aromatic N) is 3. The molecule has 1 heterocycles. The van der Waals surface area contributed by atoms with Gasteiger partial charge in [0, 0.05) is 5.02 Å². The van der Waals surface area contributed by atoms with Crippen molar-refractivity contribution in [1.82, 2.24) is 15.0 Å². The van der Waals surface area contributed by atoms with E-state index in [2.05, 4.69) is 20.3 Å². The zero-order valence-electron chi connectivity index (χ0n) is 10.7. The SMILES string of the molecule is CCOc1nc(Cl)nc(Nc2cc(Cl)c(C)cc2Cl)n1. The number of nitrogens with one attached hydrogen (secondary N) is 1. The van der Waals surface area contributed by atoms with Crippen LogP contribution in [-0.4, -0.2) is 21.6 Å². The van der Waals surface area contributed by atoms with Crippen molar-refractivity contribution in [2.24, 2.45) is 0 Å². The van der Waals surface area contributed by atoms with E-state index in [1.807, 2.05) is 13.8 Å². The zero-order valence-corrected chi connectivity index (χ0v) is 13.0. The van der Waals surface area contributed by atoms with Gasteiger partial charge in [-0.05, 0) is 43.1 Å². The van der Waals surface area contributed by atoms with Crippen LogP contribution in [0.1, 0.15) is 12.5 Å². The second kappa shape index (κ2) is 6.43. The molecule has 0 fully saturated rings. The van der Waals surface area contributed by atoms with Gasteiger partial charge in [0.25, 0.3) is 0 Å². The van der Waals surface area contributed by atoms with Gasteiger partial charge in [0.2, 0.25) is 11.2 Å². The Hall–Kier alpha value is -1.30. The first-order valence-corrected chi connectivity index (χ1v) is 6.90. The van der Waals surface area contributed by atoms with Crippen LogP contribution in [0.2, 0.25) is 15.3 Å². The number of rotatable bonds is 4. The third-order valence-electron chi connectivity index (χ3n) is 2.36. The fourth-order valence-electron chi connectivity index (χ4n) is 1.44. The molecule has 1 N–H and O–H groups in total. The monoisotopic (exact) mass is 332 g/mol. The fraction of sp³-hybridized carbons (Fsp3) is 0.250. The average molecular weight is 334 g/mol. The lowest BCUT2D eigenvalue weighted by molar-refractivity contribution is 0.312. The summed E-state index contributed by atoms with van der Waals surface area (Å²) in [5.74, 6) is 0.232. The lowest BCUT2D eigenvalue weighted by atomic mass is 10.2. The Balaban J connectivity index is 2.32. The van der Waals surface area contributed by atoms with Crippen molar-refractivity contribution in [3.63, 3.8) is 0 Å². The lowest BCUT2D eigenvalue weighted by Gasteiger charge is -2.10. The number of ether oxygens (including phenoxy) is 1. The van der Waals surface area contributed by atoms with Crippen LogP contribution in [0.5, 0.6) is 6.01 Å². The van der Waals surface area contributed by atoms with E-state index >= 15 is 0 Å². The van der Waals surface area contributed by atoms with E-state index in [1.165, 1.54) is 0 Å². The standard InChI is InChI=1S/C12H11Cl3N4O/c1-3-20-12-18-10(15)17-11(19-12)16-9-5-7(13)6(2)4-8(9)14/h4-5H,3H2,1-2H3,(H,16,17,18,19). The maximum absolute atomic E-state index is 6.14. The molecule has 0 spiro atoms. The Morgan fingerprint density at radius 1 is 1.10 bits per heavy atom. The first-order valence-electron chi connectivity index (χ1n) is 5.76. The molecular weight excluding hydrogens is 323 g/mol. The van der Waals surface area contributed by atoms with Crippen LogP contribution >= 0.6 is 34.8 Å². The molecule has 2 rings (SSSR count). The summed E-state index contributed by atoms with van der Waals surface area (Å²) in [5, 5.41) is 4.05. The quantitative estimate of drug-likeness (QED) is 0.904. The normalized spacial score (nSPS) is 10.4. The molecule has 0 saturated carbocycles. The van der Waals surface area contributed by atoms with Crippen molar-refractivity contribution in [3.05, 3.63) is 33.0 Å². The van der Waals surface area contributed by atoms with E-state index < -0.39 is 0 Å². The van der Waals surface area contributed by atoms with Gasteiger partial charge in [-0.1, -0.05) is 23.2 Å². The summed E-state index contributed by atoms with van der Waals surface area (Å²) in [6.45, 7) is 4.11. The van der Waals surface area contributed by atoms with Gasteiger partial charge in [-0.25, -0.2) is 0 Å². The molecule has 0 saturated heterocycles. The molecular formula is C12H11Cl3N4O. The molecule has 0 atom stereocenters. The molecule has 2 aromatic rings. The van der Waals surface area contributed by atoms with Crippen LogP contribution in [0.4, 0.5) is 11.6 Å². The van der Waals surface area contributed by atoms with E-state index in [1.54, 1.807) is 12.1 Å². The Bertz CT molecular complexity index is 636. The van der Waals surface area contributed by atoms with Crippen LogP contribution < -0.4 is 10.1 Å². The number of halogens is 3. The molecule has 0 amide bonds. The third-order valence-corrected chi connectivity index (χ3v) is 3.24. The first kappa shape index (κ1) is 15.1. The summed E-state index contributed by atoms with van der Waals surface area (Å²) in [4.78, 5) is 11.9. The van der Waals surface area contributed by atoms with Gasteiger partial charge >= 0.3 is 6.01 Å². The Morgan fingerprint density at radius 3 is 2.55 bits per heavy atom. The van der Waals surface area contributed by atoms with Crippen molar-refractivity contribution in [3.8, 4) is 6.01 Å². The highest BCUT2D eigenvalue weighted by atomic mass is 35.5. The van der Waals surface area contributed by atoms with Crippen LogP contribution in [0.25, 0.3) is 0 Å². The molecule has 20 heavy (non-hydrogen) atoms. The van der Waals surface area contributed by atoms with Crippen LogP contribution in [0, 0.1) is 6.92 Å². The van der Waals surface area contributed by atoms with Crippen LogP contribution in [-0.2, 0) is 0 Å². The minimum Gasteiger partial charge on any atom is -0.464 e. The molecule has 0 aliphatic heterocycles. The van der Waals surface area contributed by atoms with Gasteiger partial charge < -0.3 is 10.1 Å². The van der Waals surface area contributed by atoms with Gasteiger partial charge in [-0.2, -0.15) is 15.0 Å². The summed E-state index contributed by atoms with van der Waals surface area (Å²) >= 11 is 18.0. The molecule has 0 aliphatic rings. The second-order valence-electron chi connectivity index (χ2n) is 3.85. The van der Waals surface area contributed by atoms with Crippen molar-refractivity contribution in [2.75, 3.05) is 11.9 Å². The highest BCUT2D eigenvalue weighted by molar-refractivity contribution is 6.35. The smallest absolute Gasteiger partial charge is 0.322 e. The molecule has 1 aromatic carbocycles. The van der Waals surface area contributed by atoms with E-state index in [0.29, 0.717) is 22.3 Å². The largest absolute Gasteiger partial charge is 0.464 e. The predicted molar refractivity (Wildman–Crippen MR) is 80.5 cm³/mol. The van der Waals surface area contributed by atoms with Crippen molar-refractivity contribution >= 4 is 46.4 Å². The Morgan fingerprint density at radius 2 is 1.85 bits per heavy atom. The molecule has 1 aromatic heterocycles. The number of anilines is 2. The number of aryl methyl sites for hydroxylation is 1. The maximum Gasteiger partial charge on any atom is 0.322 e. The summed E-state index contributed by atoms with van der Waals surface area (Å²) in [6.07, 6.45) is 0. The molecule has 0 aliphatic carbocycles. The predicted octanol–water partition coefficient (Wildman–Crippen LogP) is 4.28. The maximum atomic E-state index is 6.14. The summed E-state index contributed by atoms with van der Waals surface area (Å²) in [7, 11) is 0. The van der Waals surface area contributed by atoms with E-state index in [4.69, 9.17) is 39.5 Å². The minimum absolute atomic E-state index is 0.0280. The van der Waals surface area contributed by atoms with Gasteiger partial charge in [0.1, 0.15) is 0 Å². The summed E-state index contributed by atoms with van der Waals surface area (Å²) < 4.78 is 5.19. The van der Waals surface area contributed by atoms with Gasteiger partial charge in [-0.15, -0.1) is 0 Å². The van der Waals surface area contributed by atoms with E-state index in [0.717, 1.165) is 5.56 Å². The van der Waals surface area contributed by atoms with Crippen molar-refractivity contribution in [2.45, 2.75) is 13.8 Å². The highest BCUT2D eigenvalue weighted by Gasteiger charge is 2.09. The van der Waals surface area contributed by atoms with Gasteiger partial charge in [0.05, 0.1) is 17.3 Å². The van der Waals surface area contributed by atoms with Crippen LogP contribution in [0.15, 0.2) is 12.1 Å². The van der Waals surface area contributed by atoms with Crippen molar-refractivity contribution in [1.29, 1.82) is 0 Å². The lowest BCUT2D eigenvalue weighted by Crippen LogP contribution is -2.04. The van der Waals surface area contributed by atoms with E-state index in [9.17, 15) is 0 Å². The molecule has 8 heteroatoms. The van der Waals surface area contributed by atoms with Crippen LogP contribution in [0.3, 0.4) is 0 Å². The second-order valence-corrected chi connectivity index (χ2v) is 5.00. The topological polar surface area (TPSA) is 59.9 Å². The fourth-order valence-corrected chi connectivity index (χ4v) is 2.03.